The number of hydrogen-bond acceptors (Lipinski definition) is 6. The van der Waals surface area contributed by atoms with Crippen molar-refractivity contribution in [3.05, 3.63) is 68.3 Å². The zero-order chi connectivity index (χ0) is 62.0. The quantitative estimate of drug-likeness (QED) is 0.0906. The van der Waals surface area contributed by atoms with Crippen LogP contribution in [-0.2, 0) is 85.4 Å². The zero-order valence-corrected chi connectivity index (χ0v) is 60.9. The topological polar surface area (TPSA) is 172 Å². The second-order valence-corrected chi connectivity index (χ2v) is 36.0. The third kappa shape index (κ3) is 14.9. The summed E-state index contributed by atoms with van der Waals surface area (Å²) in [6.45, 7) is 81.7. The maximum absolute atomic E-state index is 5.08. The minimum Gasteiger partial charge on any atom is -0.282 e. The molecule has 0 aromatic carbocycles. The molecule has 6 aromatic rings. The standard InChI is InChI=1S/2C33H57BN6.ClH.Pd/c2*1-28(2,3)22-19(23(36-35-22)29(4,5)6)34(20-24(30(7,8)9)37-38-25(20)31(10,11)12)21-26(32(13,14)15)39-40-27(21)33(16,17)18;;/h2*1-18H3,(H,35,36)(H,37,38)(H,39,40);1H;. The van der Waals surface area contributed by atoms with Crippen LogP contribution in [0.15, 0.2) is 0 Å². The van der Waals surface area contributed by atoms with E-state index >= 15 is 0 Å². The average Bonchev–Trinajstić information content (AvgIpc) is 4.04. The van der Waals surface area contributed by atoms with Crippen molar-refractivity contribution in [3.63, 3.8) is 0 Å². The summed E-state index contributed by atoms with van der Waals surface area (Å²) in [4.78, 5) is 0. The molecule has 0 saturated carbocycles. The van der Waals surface area contributed by atoms with Gasteiger partial charge in [0.05, 0.1) is 34.2 Å². The van der Waals surface area contributed by atoms with Crippen LogP contribution in [0, 0.1) is 0 Å². The van der Waals surface area contributed by atoms with Gasteiger partial charge in [0.2, 0.25) is 0 Å². The largest absolute Gasteiger partial charge is 0.282 e. The third-order valence-corrected chi connectivity index (χ3v) is 15.3. The molecule has 82 heavy (non-hydrogen) atoms. The van der Waals surface area contributed by atoms with Gasteiger partial charge in [-0.05, 0) is 32.8 Å². The van der Waals surface area contributed by atoms with Gasteiger partial charge in [0.1, 0.15) is 0 Å². The number of rotatable bonds is 6. The molecule has 6 N–H and O–H groups in total. The van der Waals surface area contributed by atoms with Gasteiger partial charge < -0.3 is 0 Å². The van der Waals surface area contributed by atoms with Crippen molar-refractivity contribution < 1.29 is 20.4 Å². The van der Waals surface area contributed by atoms with E-state index in [1.165, 1.54) is 66.9 Å². The fourth-order valence-electron chi connectivity index (χ4n) is 11.5. The van der Waals surface area contributed by atoms with Gasteiger partial charge in [0.25, 0.3) is 13.4 Å². The monoisotopic (exact) mass is 1240 g/mol. The molecule has 0 aliphatic rings. The minimum absolute atomic E-state index is 0. The second-order valence-electron chi connectivity index (χ2n) is 36.0. The average molecular weight is 1240 g/mol. The van der Waals surface area contributed by atoms with Crippen molar-refractivity contribution in [3.8, 4) is 0 Å². The summed E-state index contributed by atoms with van der Waals surface area (Å²) in [6.07, 6.45) is 0. The molecule has 16 heteroatoms. The molecule has 0 atom stereocenters. The van der Waals surface area contributed by atoms with Crippen LogP contribution in [0.5, 0.6) is 0 Å². The maximum atomic E-state index is 5.08. The Morgan fingerprint density at radius 3 is 0.366 bits per heavy atom. The van der Waals surface area contributed by atoms with Crippen molar-refractivity contribution in [1.29, 1.82) is 0 Å². The maximum Gasteiger partial charge on any atom is 0.255 e. The first-order chi connectivity index (χ1) is 35.4. The van der Waals surface area contributed by atoms with Gasteiger partial charge in [-0.1, -0.05) is 249 Å². The van der Waals surface area contributed by atoms with E-state index in [1.54, 1.807) is 0 Å². The number of aromatic nitrogens is 12. The molecule has 6 aromatic heterocycles. The van der Waals surface area contributed by atoms with E-state index in [-0.39, 0.29) is 111 Å². The van der Waals surface area contributed by atoms with E-state index in [4.69, 9.17) is 30.6 Å². The molecule has 12 nitrogen and oxygen atoms in total. The van der Waals surface area contributed by atoms with E-state index in [9.17, 15) is 0 Å². The fraction of sp³-hybridized carbons (Fsp3) is 0.727. The fourth-order valence-corrected chi connectivity index (χ4v) is 11.5. The molecule has 0 fully saturated rings. The first-order valence-electron chi connectivity index (χ1n) is 29.9. The van der Waals surface area contributed by atoms with Crippen LogP contribution in [0.3, 0.4) is 0 Å². The van der Waals surface area contributed by atoms with Gasteiger partial charge in [0, 0.05) is 120 Å². The Morgan fingerprint density at radius 1 is 0.195 bits per heavy atom. The molecule has 0 unspecified atom stereocenters. The number of hydrogen-bond donors (Lipinski definition) is 6. The molecule has 6 heterocycles. The summed E-state index contributed by atoms with van der Waals surface area (Å²) in [5.41, 5.74) is 19.3. The van der Waals surface area contributed by atoms with Crippen molar-refractivity contribution in [1.82, 2.24) is 61.2 Å². The first-order valence-corrected chi connectivity index (χ1v) is 29.9. The van der Waals surface area contributed by atoms with Gasteiger partial charge in [-0.15, -0.1) is 12.4 Å². The number of H-pyrrole nitrogens is 6. The predicted octanol–water partition coefficient (Wildman–Crippen LogP) is 12.7. The molecule has 0 aliphatic heterocycles. The van der Waals surface area contributed by atoms with Crippen LogP contribution in [0.25, 0.3) is 0 Å². The van der Waals surface area contributed by atoms with E-state index in [0.29, 0.717) is 0 Å². The Balaban J connectivity index is 0.000000420. The minimum atomic E-state index is -0.172. The Hall–Kier alpha value is -3.66. The van der Waals surface area contributed by atoms with Crippen molar-refractivity contribution in [2.24, 2.45) is 0 Å². The van der Waals surface area contributed by atoms with Crippen molar-refractivity contribution in [2.75, 3.05) is 0 Å². The van der Waals surface area contributed by atoms with Gasteiger partial charge in [-0.25, -0.2) is 0 Å². The number of nitrogens with one attached hydrogen (secondary N) is 6. The molecule has 0 spiro atoms. The molecule has 462 valence electrons. The normalized spacial score (nSPS) is 13.9. The second kappa shape index (κ2) is 22.9. The van der Waals surface area contributed by atoms with Crippen LogP contribution in [0.1, 0.15) is 318 Å². The molecular weight excluding hydrogens is 1120 g/mol. The van der Waals surface area contributed by atoms with Crippen LogP contribution in [0.4, 0.5) is 0 Å². The number of nitrogens with zero attached hydrogens (tertiary/aromatic N) is 6. The molecule has 0 saturated heterocycles. The van der Waals surface area contributed by atoms with Crippen molar-refractivity contribution >= 4 is 58.6 Å². The summed E-state index contributed by atoms with van der Waals surface area (Å²) < 4.78 is 0. The van der Waals surface area contributed by atoms with Crippen LogP contribution >= 0.6 is 12.4 Å². The third-order valence-electron chi connectivity index (χ3n) is 15.3. The van der Waals surface area contributed by atoms with Gasteiger partial charge in [-0.3, -0.25) is 30.6 Å². The summed E-state index contributed by atoms with van der Waals surface area (Å²) in [5.74, 6) is 0. The number of aromatic amines is 6. The van der Waals surface area contributed by atoms with E-state index in [2.05, 4.69) is 280 Å². The Morgan fingerprint density at radius 2 is 0.293 bits per heavy atom. The number of halogens is 1. The predicted molar refractivity (Wildman–Crippen MR) is 352 cm³/mol. The zero-order valence-electron chi connectivity index (χ0n) is 58.6. The summed E-state index contributed by atoms with van der Waals surface area (Å²) in [7, 11) is 0. The molecule has 0 bridgehead atoms. The van der Waals surface area contributed by atoms with E-state index in [1.807, 2.05) is 0 Å². The molecule has 0 amide bonds. The SMILES string of the molecule is CC(C)(C)c1n[nH]c(C(C)(C)C)c1B(c1c(C(C)(C)C)n[nH]c1C(C)(C)C)c1c(C(C)(C)C)n[nH]c1C(C)(C)C.CC(C)(C)c1n[nH]c(C(C)(C)C)c1B(c1c(C(C)(C)C)n[nH]c1C(C)(C)C)c1c(C(C)(C)C)n[nH]c1C(C)(C)C.Cl.[Pd]. The Kier molecular flexibility index (Phi) is 20.3. The summed E-state index contributed by atoms with van der Waals surface area (Å²) in [6, 6.07) is 0. The summed E-state index contributed by atoms with van der Waals surface area (Å²) in [5, 5.41) is 51.7. The molecule has 0 aliphatic carbocycles. The first kappa shape index (κ1) is 72.6. The van der Waals surface area contributed by atoms with E-state index < -0.39 is 0 Å². The molecular formula is C66H115B2ClN12Pd. The molecule has 6 rings (SSSR count). The van der Waals surface area contributed by atoms with E-state index in [0.717, 1.165) is 34.2 Å². The van der Waals surface area contributed by atoms with Gasteiger partial charge >= 0.3 is 0 Å². The van der Waals surface area contributed by atoms with Crippen LogP contribution < -0.4 is 32.8 Å². The Labute approximate surface area is 519 Å². The Bertz CT molecular complexity index is 2390. The smallest absolute Gasteiger partial charge is 0.255 e. The molecule has 0 radical (unpaired) electrons. The summed E-state index contributed by atoms with van der Waals surface area (Å²) >= 11 is 0. The van der Waals surface area contributed by atoms with Crippen LogP contribution in [0.2, 0.25) is 0 Å². The van der Waals surface area contributed by atoms with Crippen LogP contribution in [-0.4, -0.2) is 74.6 Å². The van der Waals surface area contributed by atoms with Gasteiger partial charge in [-0.2, -0.15) is 30.6 Å². The van der Waals surface area contributed by atoms with Crippen molar-refractivity contribution in [2.45, 2.75) is 314 Å². The van der Waals surface area contributed by atoms with Gasteiger partial charge in [0.15, 0.2) is 0 Å².